The Morgan fingerprint density at radius 3 is 2.95 bits per heavy atom. The maximum absolute atomic E-state index is 12.6. The number of aromatic nitrogens is 2. The predicted molar refractivity (Wildman–Crippen MR) is 77.4 cm³/mol. The molecule has 3 fully saturated rings. The highest BCUT2D eigenvalue weighted by Crippen LogP contribution is 2.39. The number of morpholine rings is 1. The molecule has 120 valence electrons. The zero-order valence-corrected chi connectivity index (χ0v) is 12.7. The monoisotopic (exact) mass is 306 g/mol. The summed E-state index contributed by atoms with van der Waals surface area (Å²) in [6.45, 7) is 3.49. The van der Waals surface area contributed by atoms with Gasteiger partial charge in [-0.25, -0.2) is 0 Å². The third-order valence-electron chi connectivity index (χ3n) is 4.69. The first kappa shape index (κ1) is 14.1. The summed E-state index contributed by atoms with van der Waals surface area (Å²) in [6, 6.07) is 0. The van der Waals surface area contributed by atoms with E-state index in [1.807, 2.05) is 4.90 Å². The van der Waals surface area contributed by atoms with Crippen LogP contribution in [0.15, 0.2) is 4.52 Å². The number of ether oxygens (including phenoxy) is 1. The summed E-state index contributed by atoms with van der Waals surface area (Å²) in [5, 5.41) is 7.35. The van der Waals surface area contributed by atoms with Gasteiger partial charge in [0.05, 0.1) is 6.61 Å². The highest BCUT2D eigenvalue weighted by atomic mass is 16.5. The number of hydrogen-bond acceptors (Lipinski definition) is 6. The number of nitrogens with zero attached hydrogens (tertiary/aromatic N) is 3. The molecule has 0 aromatic carbocycles. The Kier molecular flexibility index (Phi) is 3.83. The minimum absolute atomic E-state index is 0.0859. The average Bonchev–Trinajstić information content (AvgIpc) is 3.32. The molecule has 2 atom stereocenters. The van der Waals surface area contributed by atoms with E-state index in [0.717, 1.165) is 50.5 Å². The maximum Gasteiger partial charge on any atom is 0.253 e. The van der Waals surface area contributed by atoms with Gasteiger partial charge >= 0.3 is 0 Å². The third-order valence-corrected chi connectivity index (χ3v) is 4.69. The lowest BCUT2D eigenvalue weighted by molar-refractivity contribution is -0.146. The van der Waals surface area contributed by atoms with E-state index in [2.05, 4.69) is 15.5 Å². The first-order valence-electron chi connectivity index (χ1n) is 8.26. The molecule has 0 radical (unpaired) electrons. The van der Waals surface area contributed by atoms with Gasteiger partial charge in [-0.15, -0.1) is 0 Å². The summed E-state index contributed by atoms with van der Waals surface area (Å²) in [4.78, 5) is 19.0. The molecule has 3 heterocycles. The van der Waals surface area contributed by atoms with Crippen molar-refractivity contribution in [3.05, 3.63) is 11.7 Å². The zero-order chi connectivity index (χ0) is 14.9. The van der Waals surface area contributed by atoms with Crippen molar-refractivity contribution < 1.29 is 14.1 Å². The molecule has 1 saturated carbocycles. The summed E-state index contributed by atoms with van der Waals surface area (Å²) in [5.41, 5.74) is 0. The Morgan fingerprint density at radius 2 is 2.18 bits per heavy atom. The molecule has 2 aliphatic heterocycles. The highest BCUT2D eigenvalue weighted by molar-refractivity contribution is 5.81. The van der Waals surface area contributed by atoms with Gasteiger partial charge in [0, 0.05) is 38.0 Å². The largest absolute Gasteiger partial charge is 0.366 e. The summed E-state index contributed by atoms with van der Waals surface area (Å²) in [5.74, 6) is 2.29. The van der Waals surface area contributed by atoms with Crippen molar-refractivity contribution in [3.63, 3.8) is 0 Å². The Labute approximate surface area is 129 Å². The second kappa shape index (κ2) is 5.96. The quantitative estimate of drug-likeness (QED) is 0.883. The molecular weight excluding hydrogens is 284 g/mol. The molecule has 0 bridgehead atoms. The van der Waals surface area contributed by atoms with E-state index in [9.17, 15) is 4.79 Å². The van der Waals surface area contributed by atoms with Crippen molar-refractivity contribution in [1.82, 2.24) is 20.4 Å². The Bertz CT molecular complexity index is 537. The van der Waals surface area contributed by atoms with Gasteiger partial charge in [0.1, 0.15) is 6.10 Å². The normalized spacial score (nSPS) is 29.5. The van der Waals surface area contributed by atoms with E-state index >= 15 is 0 Å². The molecule has 1 aromatic rings. The van der Waals surface area contributed by atoms with Crippen molar-refractivity contribution in [1.29, 1.82) is 0 Å². The van der Waals surface area contributed by atoms with E-state index < -0.39 is 0 Å². The molecular formula is C15H22N4O3. The van der Waals surface area contributed by atoms with Gasteiger partial charge in [0.2, 0.25) is 5.89 Å². The van der Waals surface area contributed by atoms with Crippen molar-refractivity contribution in [2.45, 2.75) is 43.6 Å². The van der Waals surface area contributed by atoms with E-state index in [4.69, 9.17) is 9.26 Å². The van der Waals surface area contributed by atoms with Crippen LogP contribution in [-0.4, -0.2) is 59.8 Å². The van der Waals surface area contributed by atoms with Crippen LogP contribution in [0.1, 0.15) is 49.2 Å². The molecule has 0 spiro atoms. The molecule has 1 amide bonds. The number of hydrogen-bond donors (Lipinski definition) is 1. The summed E-state index contributed by atoms with van der Waals surface area (Å²) >= 11 is 0. The Morgan fingerprint density at radius 1 is 1.27 bits per heavy atom. The van der Waals surface area contributed by atoms with Gasteiger partial charge in [-0.2, -0.15) is 4.98 Å². The van der Waals surface area contributed by atoms with Crippen molar-refractivity contribution in [2.75, 3.05) is 32.8 Å². The van der Waals surface area contributed by atoms with Crippen LogP contribution in [0.4, 0.5) is 0 Å². The fourth-order valence-electron chi connectivity index (χ4n) is 3.22. The first-order valence-corrected chi connectivity index (χ1v) is 8.26. The number of amides is 1. The second-order valence-electron chi connectivity index (χ2n) is 6.45. The number of nitrogens with one attached hydrogen (secondary N) is 1. The summed E-state index contributed by atoms with van der Waals surface area (Å²) < 4.78 is 10.9. The van der Waals surface area contributed by atoms with Gasteiger partial charge in [-0.3, -0.25) is 4.79 Å². The van der Waals surface area contributed by atoms with E-state index in [-0.39, 0.29) is 17.9 Å². The number of carbonyl (C=O) groups is 1. The number of carbonyl (C=O) groups excluding carboxylic acids is 1. The number of likely N-dealkylation sites (tertiary alicyclic amines) is 1. The van der Waals surface area contributed by atoms with Crippen LogP contribution >= 0.6 is 0 Å². The average molecular weight is 306 g/mol. The van der Waals surface area contributed by atoms with E-state index in [1.165, 1.54) is 0 Å². The lowest BCUT2D eigenvalue weighted by Gasteiger charge is -2.34. The minimum Gasteiger partial charge on any atom is -0.366 e. The summed E-state index contributed by atoms with van der Waals surface area (Å²) in [6.07, 6.45) is 3.95. The van der Waals surface area contributed by atoms with Crippen LogP contribution in [0.2, 0.25) is 0 Å². The van der Waals surface area contributed by atoms with Crippen LogP contribution < -0.4 is 5.32 Å². The van der Waals surface area contributed by atoms with Crippen molar-refractivity contribution >= 4 is 5.91 Å². The standard InChI is InChI=1S/C15H22N4O3/c20-15(12-8-16-5-7-21-12)19-6-1-2-11(9-19)13-17-14(22-18-13)10-3-4-10/h10-12,16H,1-9H2. The van der Waals surface area contributed by atoms with Gasteiger partial charge < -0.3 is 19.5 Å². The molecule has 1 N–H and O–H groups in total. The number of rotatable bonds is 3. The predicted octanol–water partition coefficient (Wildman–Crippen LogP) is 0.641. The van der Waals surface area contributed by atoms with Crippen molar-refractivity contribution in [2.24, 2.45) is 0 Å². The second-order valence-corrected chi connectivity index (χ2v) is 6.45. The molecule has 4 rings (SSSR count). The molecule has 1 aromatic heterocycles. The van der Waals surface area contributed by atoms with Gasteiger partial charge in [0.15, 0.2) is 5.82 Å². The first-order chi connectivity index (χ1) is 10.8. The fourth-order valence-corrected chi connectivity index (χ4v) is 3.22. The van der Waals surface area contributed by atoms with Crippen molar-refractivity contribution in [3.8, 4) is 0 Å². The van der Waals surface area contributed by atoms with E-state index in [1.54, 1.807) is 0 Å². The minimum atomic E-state index is -0.347. The SMILES string of the molecule is O=C(C1CNCCO1)N1CCCC(c2noc(C3CC3)n2)C1. The van der Waals surface area contributed by atoms with Gasteiger partial charge in [0.25, 0.3) is 5.91 Å². The van der Waals surface area contributed by atoms with Crippen LogP contribution in [-0.2, 0) is 9.53 Å². The van der Waals surface area contributed by atoms with Crippen LogP contribution in [0, 0.1) is 0 Å². The zero-order valence-electron chi connectivity index (χ0n) is 12.7. The molecule has 3 aliphatic rings. The lowest BCUT2D eigenvalue weighted by Crippen LogP contribution is -2.51. The molecule has 22 heavy (non-hydrogen) atoms. The lowest BCUT2D eigenvalue weighted by atomic mass is 9.97. The fraction of sp³-hybridized carbons (Fsp3) is 0.800. The summed E-state index contributed by atoms with van der Waals surface area (Å²) in [7, 11) is 0. The maximum atomic E-state index is 12.6. The Balaban J connectivity index is 1.40. The molecule has 2 unspecified atom stereocenters. The van der Waals surface area contributed by atoms with Gasteiger partial charge in [-0.1, -0.05) is 5.16 Å². The van der Waals surface area contributed by atoms with Crippen LogP contribution in [0.5, 0.6) is 0 Å². The molecule has 7 heteroatoms. The number of piperidine rings is 1. The molecule has 7 nitrogen and oxygen atoms in total. The third kappa shape index (κ3) is 2.87. The van der Waals surface area contributed by atoms with Crippen LogP contribution in [0.25, 0.3) is 0 Å². The smallest absolute Gasteiger partial charge is 0.253 e. The van der Waals surface area contributed by atoms with Gasteiger partial charge in [-0.05, 0) is 25.7 Å². The topological polar surface area (TPSA) is 80.5 Å². The molecule has 1 aliphatic carbocycles. The van der Waals surface area contributed by atoms with Crippen LogP contribution in [0.3, 0.4) is 0 Å². The van der Waals surface area contributed by atoms with E-state index in [0.29, 0.717) is 25.6 Å². The highest BCUT2D eigenvalue weighted by Gasteiger charge is 2.34. The Hall–Kier alpha value is -1.47. The molecule has 2 saturated heterocycles.